The minimum atomic E-state index is -0.884. The summed E-state index contributed by atoms with van der Waals surface area (Å²) in [4.78, 5) is 18.4. The molecule has 1 aromatic rings. The molecule has 0 spiro atoms. The van der Waals surface area contributed by atoms with Crippen LogP contribution in [0.3, 0.4) is 0 Å². The van der Waals surface area contributed by atoms with E-state index in [1.807, 2.05) is 12.1 Å². The third-order valence-electron chi connectivity index (χ3n) is 4.00. The molecule has 1 aromatic heterocycles. The zero-order valence-electron chi connectivity index (χ0n) is 13.8. The van der Waals surface area contributed by atoms with E-state index in [1.54, 1.807) is 17.3 Å². The standard InChI is InChI=1S/C17H26N2O4/c1-12(2)8-19(9-14-10-23-11-15(20)17(14)22)16(21)7-13-3-5-18-6-4-13/h3-6,12,14-15,17,20,22H,7-11H2,1-2H3/t14-,15-,17+/m1/s1. The first-order chi connectivity index (χ1) is 11.0. The van der Waals surface area contributed by atoms with Gasteiger partial charge in [-0.1, -0.05) is 13.8 Å². The summed E-state index contributed by atoms with van der Waals surface area (Å²) in [6, 6.07) is 3.65. The van der Waals surface area contributed by atoms with Crippen molar-refractivity contribution in [3.63, 3.8) is 0 Å². The summed E-state index contributed by atoms with van der Waals surface area (Å²) in [6.45, 7) is 5.61. The lowest BCUT2D eigenvalue weighted by Gasteiger charge is -2.36. The molecule has 0 aliphatic carbocycles. The molecule has 0 unspecified atom stereocenters. The molecule has 1 aliphatic heterocycles. The van der Waals surface area contributed by atoms with Crippen molar-refractivity contribution in [3.05, 3.63) is 30.1 Å². The second-order valence-corrected chi connectivity index (χ2v) is 6.58. The third kappa shape index (κ3) is 5.27. The Morgan fingerprint density at radius 2 is 2.04 bits per heavy atom. The van der Waals surface area contributed by atoms with Crippen LogP contribution in [-0.2, 0) is 16.0 Å². The summed E-state index contributed by atoms with van der Waals surface area (Å²) in [5, 5.41) is 19.8. The van der Waals surface area contributed by atoms with Gasteiger partial charge >= 0.3 is 0 Å². The average Bonchev–Trinajstić information content (AvgIpc) is 2.51. The largest absolute Gasteiger partial charge is 0.390 e. The number of hydrogen-bond acceptors (Lipinski definition) is 5. The maximum absolute atomic E-state index is 12.6. The molecule has 2 heterocycles. The van der Waals surface area contributed by atoms with E-state index in [-0.39, 0.29) is 18.4 Å². The van der Waals surface area contributed by atoms with Gasteiger partial charge in [-0.05, 0) is 23.6 Å². The number of carbonyl (C=O) groups is 1. The summed E-state index contributed by atoms with van der Waals surface area (Å²) in [5.74, 6) is 0.0685. The van der Waals surface area contributed by atoms with Crippen molar-refractivity contribution in [1.29, 1.82) is 0 Å². The molecule has 3 atom stereocenters. The van der Waals surface area contributed by atoms with Gasteiger partial charge in [-0.3, -0.25) is 9.78 Å². The number of rotatable bonds is 6. The van der Waals surface area contributed by atoms with E-state index in [1.165, 1.54) is 0 Å². The van der Waals surface area contributed by atoms with Crippen LogP contribution in [0, 0.1) is 11.8 Å². The zero-order valence-corrected chi connectivity index (χ0v) is 13.8. The highest BCUT2D eigenvalue weighted by atomic mass is 16.5. The van der Waals surface area contributed by atoms with Gasteiger partial charge in [0.25, 0.3) is 0 Å². The molecule has 2 rings (SSSR count). The molecule has 6 heteroatoms. The van der Waals surface area contributed by atoms with Crippen molar-refractivity contribution in [2.45, 2.75) is 32.5 Å². The van der Waals surface area contributed by atoms with Gasteiger partial charge in [0.05, 0.1) is 25.7 Å². The Kier molecular flexibility index (Phi) is 6.50. The highest BCUT2D eigenvalue weighted by Crippen LogP contribution is 2.18. The molecule has 1 saturated heterocycles. The third-order valence-corrected chi connectivity index (χ3v) is 4.00. The fourth-order valence-corrected chi connectivity index (χ4v) is 2.80. The van der Waals surface area contributed by atoms with E-state index < -0.39 is 12.2 Å². The first-order valence-electron chi connectivity index (χ1n) is 8.08. The molecular formula is C17H26N2O4. The molecule has 0 radical (unpaired) electrons. The minimum Gasteiger partial charge on any atom is -0.390 e. The summed E-state index contributed by atoms with van der Waals surface area (Å²) in [5.41, 5.74) is 0.916. The Morgan fingerprint density at radius 3 is 2.70 bits per heavy atom. The summed E-state index contributed by atoms with van der Waals surface area (Å²) >= 11 is 0. The monoisotopic (exact) mass is 322 g/mol. The maximum atomic E-state index is 12.6. The van der Waals surface area contributed by atoms with Crippen LogP contribution in [0.1, 0.15) is 19.4 Å². The molecule has 2 N–H and O–H groups in total. The highest BCUT2D eigenvalue weighted by Gasteiger charge is 2.33. The van der Waals surface area contributed by atoms with Crippen LogP contribution in [0.4, 0.5) is 0 Å². The molecule has 1 aliphatic rings. The van der Waals surface area contributed by atoms with Crippen molar-refractivity contribution in [2.24, 2.45) is 11.8 Å². The van der Waals surface area contributed by atoms with Crippen molar-refractivity contribution < 1.29 is 19.7 Å². The lowest BCUT2D eigenvalue weighted by atomic mass is 9.95. The molecule has 23 heavy (non-hydrogen) atoms. The van der Waals surface area contributed by atoms with Crippen molar-refractivity contribution >= 4 is 5.91 Å². The lowest BCUT2D eigenvalue weighted by molar-refractivity contribution is -0.142. The predicted octanol–water partition coefficient (Wildman–Crippen LogP) is 0.477. The van der Waals surface area contributed by atoms with Crippen LogP contribution >= 0.6 is 0 Å². The molecule has 0 aromatic carbocycles. The van der Waals surface area contributed by atoms with E-state index in [9.17, 15) is 15.0 Å². The number of nitrogens with zero attached hydrogens (tertiary/aromatic N) is 2. The molecule has 6 nitrogen and oxygen atoms in total. The van der Waals surface area contributed by atoms with Crippen molar-refractivity contribution in [1.82, 2.24) is 9.88 Å². The van der Waals surface area contributed by atoms with Gasteiger partial charge < -0.3 is 19.8 Å². The molecular weight excluding hydrogens is 296 g/mol. The van der Waals surface area contributed by atoms with Gasteiger partial charge in [-0.25, -0.2) is 0 Å². The zero-order chi connectivity index (χ0) is 16.8. The summed E-state index contributed by atoms with van der Waals surface area (Å²) < 4.78 is 5.31. The number of hydrogen-bond donors (Lipinski definition) is 2. The number of pyridine rings is 1. The second kappa shape index (κ2) is 8.38. The van der Waals surface area contributed by atoms with Gasteiger partial charge in [-0.2, -0.15) is 0 Å². The van der Waals surface area contributed by atoms with E-state index >= 15 is 0 Å². The lowest BCUT2D eigenvalue weighted by Crippen LogP contribution is -2.50. The first kappa shape index (κ1) is 17.8. The van der Waals surface area contributed by atoms with E-state index in [0.717, 1.165) is 5.56 Å². The average molecular weight is 322 g/mol. The molecule has 128 valence electrons. The van der Waals surface area contributed by atoms with Gasteiger partial charge in [0.15, 0.2) is 0 Å². The fraction of sp³-hybridized carbons (Fsp3) is 0.647. The summed E-state index contributed by atoms with van der Waals surface area (Å²) in [7, 11) is 0. The highest BCUT2D eigenvalue weighted by molar-refractivity contribution is 5.78. The number of amides is 1. The fourth-order valence-electron chi connectivity index (χ4n) is 2.80. The Balaban J connectivity index is 2.02. The molecule has 1 amide bonds. The van der Waals surface area contributed by atoms with Crippen LogP contribution in [0.2, 0.25) is 0 Å². The van der Waals surface area contributed by atoms with Gasteiger partial charge in [0.1, 0.15) is 6.10 Å². The number of aromatic nitrogens is 1. The topological polar surface area (TPSA) is 82.9 Å². The van der Waals surface area contributed by atoms with Gasteiger partial charge in [-0.15, -0.1) is 0 Å². The Morgan fingerprint density at radius 1 is 1.35 bits per heavy atom. The Hall–Kier alpha value is -1.50. The second-order valence-electron chi connectivity index (χ2n) is 6.58. The number of aliphatic hydroxyl groups is 2. The number of ether oxygens (including phenoxy) is 1. The first-order valence-corrected chi connectivity index (χ1v) is 8.08. The number of aliphatic hydroxyl groups excluding tert-OH is 2. The smallest absolute Gasteiger partial charge is 0.227 e. The van der Waals surface area contributed by atoms with E-state index in [0.29, 0.717) is 32.0 Å². The molecule has 0 bridgehead atoms. The van der Waals surface area contributed by atoms with Crippen LogP contribution in [0.15, 0.2) is 24.5 Å². The van der Waals surface area contributed by atoms with Crippen LogP contribution in [0.5, 0.6) is 0 Å². The minimum absolute atomic E-state index is 0.0113. The molecule has 1 fully saturated rings. The van der Waals surface area contributed by atoms with Crippen molar-refractivity contribution in [3.8, 4) is 0 Å². The van der Waals surface area contributed by atoms with Crippen molar-refractivity contribution in [2.75, 3.05) is 26.3 Å². The number of carbonyl (C=O) groups excluding carboxylic acids is 1. The normalized spacial score (nSPS) is 24.7. The van der Waals surface area contributed by atoms with Crippen LogP contribution < -0.4 is 0 Å². The quantitative estimate of drug-likeness (QED) is 0.796. The Labute approximate surface area is 137 Å². The Bertz CT molecular complexity index is 495. The molecule has 0 saturated carbocycles. The van der Waals surface area contributed by atoms with Crippen LogP contribution in [-0.4, -0.2) is 64.5 Å². The summed E-state index contributed by atoms with van der Waals surface area (Å²) in [6.07, 6.45) is 1.91. The predicted molar refractivity (Wildman–Crippen MR) is 85.7 cm³/mol. The van der Waals surface area contributed by atoms with Gasteiger partial charge in [0, 0.05) is 31.4 Å². The SMILES string of the molecule is CC(C)CN(C[C@@H]1COC[C@@H](O)[C@H]1O)C(=O)Cc1ccncc1. The van der Waals surface area contributed by atoms with Crippen LogP contribution in [0.25, 0.3) is 0 Å². The van der Waals surface area contributed by atoms with Gasteiger partial charge in [0.2, 0.25) is 5.91 Å². The van der Waals surface area contributed by atoms with E-state index in [2.05, 4.69) is 18.8 Å². The maximum Gasteiger partial charge on any atom is 0.227 e. The van der Waals surface area contributed by atoms with E-state index in [4.69, 9.17) is 4.74 Å².